The summed E-state index contributed by atoms with van der Waals surface area (Å²) in [5.74, 6) is 0. The first-order chi connectivity index (χ1) is 11.8. The predicted octanol–water partition coefficient (Wildman–Crippen LogP) is 6.65. The van der Waals surface area contributed by atoms with Gasteiger partial charge in [-0.25, -0.2) is 0 Å². The van der Waals surface area contributed by atoms with E-state index in [1.165, 1.54) is 43.8 Å². The molecule has 0 amide bonds. The van der Waals surface area contributed by atoms with Gasteiger partial charge in [-0.3, -0.25) is 0 Å². The van der Waals surface area contributed by atoms with Crippen molar-refractivity contribution in [2.75, 3.05) is 0 Å². The Labute approximate surface area is 141 Å². The largest absolute Gasteiger partial charge is 0.0544 e. The van der Waals surface area contributed by atoms with Gasteiger partial charge in [-0.1, -0.05) is 72.8 Å². The third-order valence-electron chi connectivity index (χ3n) is 4.71. The Bertz CT molecular complexity index is 1060. The molecule has 0 atom stereocenters. The molecule has 7 rings (SSSR count). The highest BCUT2D eigenvalue weighted by molar-refractivity contribution is 5.91. The molecule has 0 aromatic heterocycles. The lowest BCUT2D eigenvalue weighted by molar-refractivity contribution is 1.68. The van der Waals surface area contributed by atoms with E-state index in [0.717, 1.165) is 0 Å². The summed E-state index contributed by atoms with van der Waals surface area (Å²) in [5.41, 5.74) is 4.92. The molecule has 0 saturated heterocycles. The summed E-state index contributed by atoms with van der Waals surface area (Å²) in [6.45, 7) is 0. The maximum Gasteiger partial charge on any atom is -0.0172 e. The van der Waals surface area contributed by atoms with Gasteiger partial charge in [0.25, 0.3) is 0 Å². The van der Waals surface area contributed by atoms with Crippen molar-refractivity contribution in [2.24, 2.45) is 0 Å². The van der Waals surface area contributed by atoms with Crippen molar-refractivity contribution >= 4 is 45.8 Å². The van der Waals surface area contributed by atoms with Gasteiger partial charge in [0.1, 0.15) is 0 Å². The highest BCUT2D eigenvalue weighted by Gasteiger charge is 2.00. The Morgan fingerprint density at radius 3 is 1.04 bits per heavy atom. The molecule has 0 saturated carbocycles. The van der Waals surface area contributed by atoms with Crippen molar-refractivity contribution in [1.29, 1.82) is 0 Å². The molecule has 0 unspecified atom stereocenters. The lowest BCUT2D eigenvalue weighted by atomic mass is 10.0. The molecule has 0 heteroatoms. The second kappa shape index (κ2) is 5.21. The molecule has 7 bridgehead atoms. The Morgan fingerprint density at radius 1 is 0.292 bits per heavy atom. The monoisotopic (exact) mass is 304 g/mol. The van der Waals surface area contributed by atoms with Gasteiger partial charge in [-0.05, 0) is 68.1 Å². The maximum absolute atomic E-state index is 2.26. The smallest absolute Gasteiger partial charge is 0.0172 e. The fraction of sp³-hybridized carbons (Fsp3) is 0. The third kappa shape index (κ3) is 2.33. The quantitative estimate of drug-likeness (QED) is 0.300. The van der Waals surface area contributed by atoms with Crippen LogP contribution in [0.4, 0.5) is 0 Å². The van der Waals surface area contributed by atoms with Crippen LogP contribution in [0.1, 0.15) is 22.3 Å². The summed E-state index contributed by atoms with van der Waals surface area (Å²) in [7, 11) is 0. The van der Waals surface area contributed by atoms with Crippen LogP contribution in [0.3, 0.4) is 0 Å². The number of rotatable bonds is 0. The molecule has 0 aliphatic heterocycles. The molecule has 112 valence electrons. The second-order valence-corrected chi connectivity index (χ2v) is 6.40. The van der Waals surface area contributed by atoms with E-state index in [4.69, 9.17) is 0 Å². The molecule has 0 radical (unpaired) electrons. The van der Waals surface area contributed by atoms with Crippen LogP contribution >= 0.6 is 0 Å². The predicted molar refractivity (Wildman–Crippen MR) is 106 cm³/mol. The van der Waals surface area contributed by atoms with E-state index in [1.807, 2.05) is 0 Å². The van der Waals surface area contributed by atoms with Crippen molar-refractivity contribution < 1.29 is 0 Å². The van der Waals surface area contributed by atoms with Gasteiger partial charge in [0.15, 0.2) is 0 Å². The molecule has 0 heterocycles. The summed E-state index contributed by atoms with van der Waals surface area (Å²) < 4.78 is 0. The Morgan fingerprint density at radius 2 is 0.625 bits per heavy atom. The molecule has 4 aromatic rings. The third-order valence-corrected chi connectivity index (χ3v) is 4.71. The van der Waals surface area contributed by atoms with Crippen LogP contribution < -0.4 is 0 Å². The summed E-state index contributed by atoms with van der Waals surface area (Å²) in [6, 6.07) is 26.5. The highest BCUT2D eigenvalue weighted by atomic mass is 14.0. The molecule has 4 aromatic carbocycles. The van der Waals surface area contributed by atoms with E-state index >= 15 is 0 Å². The average Bonchev–Trinajstić information content (AvgIpc) is 2.63. The normalized spacial score (nSPS) is 15.3. The lowest BCUT2D eigenvalue weighted by Gasteiger charge is -2.02. The molecule has 3 aliphatic carbocycles. The topological polar surface area (TPSA) is 0 Å². The second-order valence-electron chi connectivity index (χ2n) is 6.40. The summed E-state index contributed by atoms with van der Waals surface area (Å²) >= 11 is 0. The van der Waals surface area contributed by atoms with Gasteiger partial charge in [0.05, 0.1) is 0 Å². The van der Waals surface area contributed by atoms with Crippen LogP contribution in [0.5, 0.6) is 0 Å². The highest BCUT2D eigenvalue weighted by Crippen LogP contribution is 2.24. The molecule has 0 N–H and O–H groups in total. The molecular weight excluding hydrogens is 288 g/mol. The van der Waals surface area contributed by atoms with Crippen LogP contribution in [-0.2, 0) is 0 Å². The van der Waals surface area contributed by atoms with Gasteiger partial charge in [0.2, 0.25) is 0 Å². The van der Waals surface area contributed by atoms with E-state index in [0.29, 0.717) is 0 Å². The van der Waals surface area contributed by atoms with Crippen LogP contribution in [0.25, 0.3) is 45.8 Å². The molecule has 0 spiro atoms. The summed E-state index contributed by atoms with van der Waals surface area (Å²) in [5, 5.41) is 5.11. The molecule has 3 aliphatic rings. The van der Waals surface area contributed by atoms with E-state index in [2.05, 4.69) is 97.1 Å². The Balaban J connectivity index is 1.81. The lowest BCUT2D eigenvalue weighted by Crippen LogP contribution is -1.78. The summed E-state index contributed by atoms with van der Waals surface area (Å²) in [6.07, 6.45) is 8.76. The Kier molecular flexibility index (Phi) is 2.89. The molecule has 0 nitrogen and oxygen atoms in total. The van der Waals surface area contributed by atoms with Gasteiger partial charge in [0, 0.05) is 0 Å². The van der Waals surface area contributed by atoms with E-state index < -0.39 is 0 Å². The van der Waals surface area contributed by atoms with E-state index in [1.54, 1.807) is 0 Å². The SMILES string of the molecule is C1=C\c2ccc3ccc(cc3c2)/C=C\c2ccc3cc/1ccc3c2. The zero-order valence-corrected chi connectivity index (χ0v) is 13.2. The maximum atomic E-state index is 2.26. The van der Waals surface area contributed by atoms with Crippen LogP contribution in [0.2, 0.25) is 0 Å². The zero-order valence-electron chi connectivity index (χ0n) is 13.2. The number of fused-ring (bicyclic) bond motifs is 2. The van der Waals surface area contributed by atoms with Crippen LogP contribution in [-0.4, -0.2) is 0 Å². The Hall–Kier alpha value is -3.12. The number of hydrogen-bond acceptors (Lipinski definition) is 0. The van der Waals surface area contributed by atoms with Crippen molar-refractivity contribution in [3.05, 3.63) is 95.1 Å². The van der Waals surface area contributed by atoms with Crippen molar-refractivity contribution in [3.8, 4) is 0 Å². The van der Waals surface area contributed by atoms with Gasteiger partial charge in [-0.2, -0.15) is 0 Å². The molecule has 24 heavy (non-hydrogen) atoms. The summed E-state index contributed by atoms with van der Waals surface area (Å²) in [4.78, 5) is 0. The van der Waals surface area contributed by atoms with E-state index in [9.17, 15) is 0 Å². The minimum Gasteiger partial charge on any atom is -0.0544 e. The van der Waals surface area contributed by atoms with Crippen molar-refractivity contribution in [2.45, 2.75) is 0 Å². The fourth-order valence-corrected chi connectivity index (χ4v) is 3.37. The van der Waals surface area contributed by atoms with Crippen LogP contribution in [0, 0.1) is 0 Å². The zero-order chi connectivity index (χ0) is 15.9. The average molecular weight is 304 g/mol. The van der Waals surface area contributed by atoms with Crippen molar-refractivity contribution in [1.82, 2.24) is 0 Å². The minimum atomic E-state index is 1.23. The first kappa shape index (κ1) is 13.3. The van der Waals surface area contributed by atoms with E-state index in [-0.39, 0.29) is 0 Å². The van der Waals surface area contributed by atoms with Crippen LogP contribution in [0.15, 0.2) is 72.8 Å². The molecule has 0 fully saturated rings. The standard InChI is InChI=1S/C24H16/c1-3-19-5-9-21-10-6-20(16-24(21)15-19)4-2-18-8-12-22-13-17(1)7-11-23(22)14-18/h1-16H/b3-1-,4-2-. The molecular formula is C24H16. The fourth-order valence-electron chi connectivity index (χ4n) is 3.37. The number of benzene rings is 4. The van der Waals surface area contributed by atoms with Gasteiger partial charge >= 0.3 is 0 Å². The minimum absolute atomic E-state index is 1.23. The number of hydrogen-bond donors (Lipinski definition) is 0. The van der Waals surface area contributed by atoms with Gasteiger partial charge in [-0.15, -0.1) is 0 Å². The first-order valence-electron chi connectivity index (χ1n) is 8.27. The van der Waals surface area contributed by atoms with Gasteiger partial charge < -0.3 is 0 Å². The van der Waals surface area contributed by atoms with Crippen molar-refractivity contribution in [3.63, 3.8) is 0 Å². The first-order valence-corrected chi connectivity index (χ1v) is 8.27.